The van der Waals surface area contributed by atoms with Gasteiger partial charge in [-0.3, -0.25) is 0 Å². The molecule has 0 amide bonds. The van der Waals surface area contributed by atoms with E-state index in [1.165, 1.54) is 22.3 Å². The molecule has 0 heterocycles. The van der Waals surface area contributed by atoms with E-state index in [0.717, 1.165) is 12.2 Å². The van der Waals surface area contributed by atoms with Crippen molar-refractivity contribution in [2.75, 3.05) is 13.2 Å². The molecular formula is C21H29NO2. The van der Waals surface area contributed by atoms with Gasteiger partial charge in [-0.15, -0.1) is 0 Å². The summed E-state index contributed by atoms with van der Waals surface area (Å²) in [7, 11) is 0. The molecule has 0 bridgehead atoms. The normalized spacial score (nSPS) is 13.5. The summed E-state index contributed by atoms with van der Waals surface area (Å²) in [4.78, 5) is 0. The maximum atomic E-state index is 10.1. The highest BCUT2D eigenvalue weighted by Crippen LogP contribution is 2.17. The van der Waals surface area contributed by atoms with Crippen molar-refractivity contribution >= 4 is 0 Å². The quantitative estimate of drug-likeness (QED) is 0.771. The van der Waals surface area contributed by atoms with Gasteiger partial charge in [0.2, 0.25) is 0 Å². The fourth-order valence-electron chi connectivity index (χ4n) is 2.74. The maximum absolute atomic E-state index is 10.1. The number of hydrogen-bond donors (Lipinski definition) is 2. The average Bonchev–Trinajstić information content (AvgIpc) is 2.57. The molecule has 0 aromatic heterocycles. The molecule has 130 valence electrons. The number of aliphatic hydroxyl groups excluding tert-OH is 1. The van der Waals surface area contributed by atoms with Crippen molar-refractivity contribution < 1.29 is 9.84 Å². The molecule has 0 radical (unpaired) electrons. The zero-order valence-electron chi connectivity index (χ0n) is 15.2. The Kier molecular flexibility index (Phi) is 6.83. The second-order valence-corrected chi connectivity index (χ2v) is 6.51. The van der Waals surface area contributed by atoms with Gasteiger partial charge in [-0.1, -0.05) is 37.3 Å². The monoisotopic (exact) mass is 327 g/mol. The summed E-state index contributed by atoms with van der Waals surface area (Å²) in [6, 6.07) is 14.9. The van der Waals surface area contributed by atoms with Crippen molar-refractivity contribution in [1.82, 2.24) is 5.32 Å². The molecular weight excluding hydrogens is 298 g/mol. The highest BCUT2D eigenvalue weighted by molar-refractivity contribution is 5.33. The van der Waals surface area contributed by atoms with Crippen LogP contribution in [0.3, 0.4) is 0 Å². The first-order chi connectivity index (χ1) is 11.5. The minimum atomic E-state index is -0.539. The summed E-state index contributed by atoms with van der Waals surface area (Å²) in [6.45, 7) is 9.15. The number of rotatable bonds is 8. The van der Waals surface area contributed by atoms with Crippen molar-refractivity contribution in [2.45, 2.75) is 46.3 Å². The number of aliphatic hydroxyl groups is 1. The summed E-state index contributed by atoms with van der Waals surface area (Å²) < 4.78 is 5.71. The molecule has 0 saturated carbocycles. The van der Waals surface area contributed by atoms with E-state index in [9.17, 15) is 5.11 Å². The van der Waals surface area contributed by atoms with Crippen LogP contribution in [0.1, 0.15) is 42.1 Å². The zero-order chi connectivity index (χ0) is 17.5. The number of hydrogen-bond acceptors (Lipinski definition) is 3. The number of aryl methyl sites for hydroxylation is 3. The van der Waals surface area contributed by atoms with E-state index in [-0.39, 0.29) is 12.6 Å². The molecule has 2 N–H and O–H groups in total. The Morgan fingerprint density at radius 3 is 2.25 bits per heavy atom. The van der Waals surface area contributed by atoms with Gasteiger partial charge in [-0.05, 0) is 61.6 Å². The predicted molar refractivity (Wildman–Crippen MR) is 99.7 cm³/mol. The van der Waals surface area contributed by atoms with Gasteiger partial charge < -0.3 is 15.2 Å². The Hall–Kier alpha value is -1.84. The predicted octanol–water partition coefficient (Wildman–Crippen LogP) is 3.96. The lowest BCUT2D eigenvalue weighted by Crippen LogP contribution is -2.33. The first-order valence-corrected chi connectivity index (χ1v) is 8.69. The molecule has 2 rings (SSSR count). The van der Waals surface area contributed by atoms with Gasteiger partial charge in [0.1, 0.15) is 18.5 Å². The minimum Gasteiger partial charge on any atom is -0.491 e. The highest BCUT2D eigenvalue weighted by atomic mass is 16.5. The van der Waals surface area contributed by atoms with Crippen LogP contribution in [0.4, 0.5) is 0 Å². The van der Waals surface area contributed by atoms with Crippen LogP contribution >= 0.6 is 0 Å². The average molecular weight is 327 g/mol. The molecule has 2 unspecified atom stereocenters. The maximum Gasteiger partial charge on any atom is 0.119 e. The third kappa shape index (κ3) is 5.66. The van der Waals surface area contributed by atoms with Crippen molar-refractivity contribution in [3.8, 4) is 5.75 Å². The summed E-state index contributed by atoms with van der Waals surface area (Å²) in [5, 5.41) is 13.5. The molecule has 0 fully saturated rings. The van der Waals surface area contributed by atoms with Gasteiger partial charge in [0.05, 0.1) is 0 Å². The van der Waals surface area contributed by atoms with Crippen LogP contribution in [0.2, 0.25) is 0 Å². The Morgan fingerprint density at radius 1 is 1.04 bits per heavy atom. The molecule has 24 heavy (non-hydrogen) atoms. The summed E-state index contributed by atoms with van der Waals surface area (Å²) >= 11 is 0. The molecule has 0 spiro atoms. The Labute approximate surface area is 145 Å². The summed E-state index contributed by atoms with van der Waals surface area (Å²) in [6.07, 6.45) is 0.513. The van der Waals surface area contributed by atoms with Crippen LogP contribution in [0.5, 0.6) is 5.75 Å². The van der Waals surface area contributed by atoms with E-state index in [2.05, 4.69) is 49.5 Å². The van der Waals surface area contributed by atoms with Crippen molar-refractivity contribution in [1.29, 1.82) is 0 Å². The molecule has 0 aliphatic heterocycles. The molecule has 0 aliphatic rings. The highest BCUT2D eigenvalue weighted by Gasteiger charge is 2.10. The lowest BCUT2D eigenvalue weighted by molar-refractivity contribution is 0.104. The van der Waals surface area contributed by atoms with Crippen molar-refractivity contribution in [2.24, 2.45) is 0 Å². The van der Waals surface area contributed by atoms with Crippen LogP contribution in [0, 0.1) is 13.8 Å². The SMILES string of the molecule is CCc1ccc(C(C)NCC(O)COc2cc(C)cc(C)c2)cc1. The smallest absolute Gasteiger partial charge is 0.119 e. The first-order valence-electron chi connectivity index (χ1n) is 8.69. The van der Waals surface area contributed by atoms with Crippen LogP contribution < -0.4 is 10.1 Å². The lowest BCUT2D eigenvalue weighted by Gasteiger charge is -2.18. The third-order valence-corrected chi connectivity index (χ3v) is 4.19. The van der Waals surface area contributed by atoms with E-state index in [0.29, 0.717) is 6.54 Å². The Balaban J connectivity index is 1.78. The van der Waals surface area contributed by atoms with E-state index >= 15 is 0 Å². The van der Waals surface area contributed by atoms with Crippen LogP contribution in [-0.2, 0) is 6.42 Å². The largest absolute Gasteiger partial charge is 0.491 e. The van der Waals surface area contributed by atoms with Gasteiger partial charge in [-0.2, -0.15) is 0 Å². The number of benzene rings is 2. The molecule has 0 saturated heterocycles. The van der Waals surface area contributed by atoms with Gasteiger partial charge >= 0.3 is 0 Å². The van der Waals surface area contributed by atoms with Crippen LogP contribution in [0.15, 0.2) is 42.5 Å². The number of nitrogens with one attached hydrogen (secondary N) is 1. The molecule has 2 atom stereocenters. The van der Waals surface area contributed by atoms with Crippen molar-refractivity contribution in [3.05, 3.63) is 64.7 Å². The second-order valence-electron chi connectivity index (χ2n) is 6.51. The Morgan fingerprint density at radius 2 is 1.67 bits per heavy atom. The van der Waals surface area contributed by atoms with Crippen LogP contribution in [0.25, 0.3) is 0 Å². The summed E-state index contributed by atoms with van der Waals surface area (Å²) in [5.74, 6) is 0.815. The molecule has 0 aliphatic carbocycles. The summed E-state index contributed by atoms with van der Waals surface area (Å²) in [5.41, 5.74) is 4.91. The van der Waals surface area contributed by atoms with E-state index in [4.69, 9.17) is 4.74 Å². The fraction of sp³-hybridized carbons (Fsp3) is 0.429. The van der Waals surface area contributed by atoms with Gasteiger partial charge in [0.25, 0.3) is 0 Å². The van der Waals surface area contributed by atoms with Gasteiger partial charge in [0.15, 0.2) is 0 Å². The van der Waals surface area contributed by atoms with Gasteiger partial charge in [-0.25, -0.2) is 0 Å². The van der Waals surface area contributed by atoms with E-state index < -0.39 is 6.10 Å². The molecule has 2 aromatic carbocycles. The molecule has 3 heteroatoms. The standard InChI is InChI=1S/C21H29NO2/c1-5-18-6-8-19(9-7-18)17(4)22-13-20(23)14-24-21-11-15(2)10-16(3)12-21/h6-12,17,20,22-23H,5,13-14H2,1-4H3. The minimum absolute atomic E-state index is 0.201. The first kappa shape index (κ1) is 18.5. The van der Waals surface area contributed by atoms with E-state index in [1.54, 1.807) is 0 Å². The third-order valence-electron chi connectivity index (χ3n) is 4.19. The second kappa shape index (κ2) is 8.86. The zero-order valence-corrected chi connectivity index (χ0v) is 15.2. The Bertz CT molecular complexity index is 617. The van der Waals surface area contributed by atoms with E-state index in [1.807, 2.05) is 26.0 Å². The van der Waals surface area contributed by atoms with Gasteiger partial charge in [0, 0.05) is 12.6 Å². The topological polar surface area (TPSA) is 41.5 Å². The van der Waals surface area contributed by atoms with Crippen LogP contribution in [-0.4, -0.2) is 24.4 Å². The fourth-order valence-corrected chi connectivity index (χ4v) is 2.74. The molecule has 3 nitrogen and oxygen atoms in total. The molecule has 2 aromatic rings. The number of ether oxygens (including phenoxy) is 1. The van der Waals surface area contributed by atoms with Crippen molar-refractivity contribution in [3.63, 3.8) is 0 Å². The lowest BCUT2D eigenvalue weighted by atomic mass is 10.0.